The standard InChI is InChI=1S/C12H11ClN6O/c1-8-4-14-6-15-7-17-11(18-8)12(20)19-9-2-3-10(13)16-5-9/h2-6H,1,7H2,(H,17,18)(H,19,20). The third kappa shape index (κ3) is 3.99. The van der Waals surface area contributed by atoms with E-state index in [4.69, 9.17) is 11.6 Å². The first kappa shape index (κ1) is 13.9. The zero-order valence-electron chi connectivity index (χ0n) is 10.4. The van der Waals surface area contributed by atoms with E-state index in [1.54, 1.807) is 12.1 Å². The number of hydrogen-bond acceptors (Lipinski definition) is 6. The third-order valence-electron chi connectivity index (χ3n) is 2.17. The summed E-state index contributed by atoms with van der Waals surface area (Å²) in [5.41, 5.74) is 0.938. The van der Waals surface area contributed by atoms with E-state index in [0.717, 1.165) is 0 Å². The molecule has 1 amide bonds. The van der Waals surface area contributed by atoms with E-state index in [-0.39, 0.29) is 12.5 Å². The van der Waals surface area contributed by atoms with Crippen LogP contribution in [0.1, 0.15) is 0 Å². The number of anilines is 1. The van der Waals surface area contributed by atoms with Gasteiger partial charge < -0.3 is 10.6 Å². The van der Waals surface area contributed by atoms with Gasteiger partial charge in [-0.15, -0.1) is 0 Å². The number of allylic oxidation sites excluding steroid dienone is 1. The van der Waals surface area contributed by atoms with Crippen LogP contribution in [0.3, 0.4) is 0 Å². The fourth-order valence-corrected chi connectivity index (χ4v) is 1.42. The molecule has 2 N–H and O–H groups in total. The predicted octanol–water partition coefficient (Wildman–Crippen LogP) is 1.25. The summed E-state index contributed by atoms with van der Waals surface area (Å²) in [5.74, 6) is -0.337. The van der Waals surface area contributed by atoms with Crippen LogP contribution >= 0.6 is 11.6 Å². The van der Waals surface area contributed by atoms with Crippen LogP contribution in [-0.4, -0.2) is 35.9 Å². The second-order valence-corrected chi connectivity index (χ2v) is 4.09. The highest BCUT2D eigenvalue weighted by atomic mass is 35.5. The predicted molar refractivity (Wildman–Crippen MR) is 79.4 cm³/mol. The van der Waals surface area contributed by atoms with E-state index in [2.05, 4.69) is 37.2 Å². The first-order chi connectivity index (χ1) is 9.65. The van der Waals surface area contributed by atoms with Crippen LogP contribution in [0.4, 0.5) is 5.69 Å². The lowest BCUT2D eigenvalue weighted by atomic mass is 10.4. The number of rotatable bonds is 2. The number of pyridine rings is 1. The van der Waals surface area contributed by atoms with Crippen molar-refractivity contribution in [2.45, 2.75) is 0 Å². The summed E-state index contributed by atoms with van der Waals surface area (Å²) in [6, 6.07) is 3.21. The second kappa shape index (κ2) is 6.58. The summed E-state index contributed by atoms with van der Waals surface area (Å²) in [7, 11) is 0. The van der Waals surface area contributed by atoms with E-state index in [1.165, 1.54) is 18.7 Å². The van der Waals surface area contributed by atoms with Gasteiger partial charge in [-0.3, -0.25) is 9.79 Å². The maximum absolute atomic E-state index is 12.1. The van der Waals surface area contributed by atoms with Gasteiger partial charge in [-0.2, -0.15) is 0 Å². The van der Waals surface area contributed by atoms with Crippen molar-refractivity contribution < 1.29 is 4.79 Å². The lowest BCUT2D eigenvalue weighted by Crippen LogP contribution is -2.35. The normalized spacial score (nSPS) is 14.7. The maximum Gasteiger partial charge on any atom is 0.291 e. The van der Waals surface area contributed by atoms with Gasteiger partial charge in [0.1, 0.15) is 18.2 Å². The SMILES string of the molecule is C=C1C=NC=NCN=C(C(=O)Nc2ccc(Cl)nc2)N1. The molecule has 0 fully saturated rings. The molecule has 1 aliphatic rings. The lowest BCUT2D eigenvalue weighted by molar-refractivity contribution is -0.110. The fraction of sp³-hybridized carbons (Fsp3) is 0.0833. The minimum absolute atomic E-state index is 0.0930. The minimum Gasteiger partial charge on any atom is -0.335 e. The summed E-state index contributed by atoms with van der Waals surface area (Å²) in [5, 5.41) is 5.74. The molecule has 0 spiro atoms. The number of amidine groups is 1. The van der Waals surface area contributed by atoms with Crippen molar-refractivity contribution in [3.05, 3.63) is 35.8 Å². The average molecular weight is 291 g/mol. The van der Waals surface area contributed by atoms with Crippen molar-refractivity contribution in [3.63, 3.8) is 0 Å². The highest BCUT2D eigenvalue weighted by Gasteiger charge is 2.12. The quantitative estimate of drug-likeness (QED) is 0.803. The summed E-state index contributed by atoms with van der Waals surface area (Å²) in [4.78, 5) is 27.7. The highest BCUT2D eigenvalue weighted by molar-refractivity contribution is 6.42. The van der Waals surface area contributed by atoms with Crippen molar-refractivity contribution >= 4 is 41.6 Å². The molecule has 1 aromatic heterocycles. The van der Waals surface area contributed by atoms with Crippen LogP contribution in [0.15, 0.2) is 45.6 Å². The Labute approximate surface area is 120 Å². The van der Waals surface area contributed by atoms with Crippen LogP contribution < -0.4 is 10.6 Å². The fourth-order valence-electron chi connectivity index (χ4n) is 1.31. The molecular weight excluding hydrogens is 280 g/mol. The van der Waals surface area contributed by atoms with Gasteiger partial charge in [-0.25, -0.2) is 15.0 Å². The first-order valence-electron chi connectivity index (χ1n) is 5.60. The van der Waals surface area contributed by atoms with E-state index < -0.39 is 5.91 Å². The van der Waals surface area contributed by atoms with Gasteiger partial charge in [0.25, 0.3) is 5.91 Å². The Hall–Kier alpha value is -2.54. The zero-order valence-corrected chi connectivity index (χ0v) is 11.1. The monoisotopic (exact) mass is 290 g/mol. The summed E-state index contributed by atoms with van der Waals surface area (Å²) in [6.07, 6.45) is 4.24. The molecule has 0 saturated carbocycles. The molecular formula is C12H11ClN6O. The Kier molecular flexibility index (Phi) is 4.56. The van der Waals surface area contributed by atoms with Gasteiger partial charge in [-0.05, 0) is 12.1 Å². The number of carbonyl (C=O) groups is 1. The molecule has 0 radical (unpaired) electrons. The number of carbonyl (C=O) groups excluding carboxylic acids is 1. The van der Waals surface area contributed by atoms with Crippen molar-refractivity contribution in [2.75, 3.05) is 12.0 Å². The third-order valence-corrected chi connectivity index (χ3v) is 2.39. The van der Waals surface area contributed by atoms with Crippen LogP contribution in [-0.2, 0) is 4.79 Å². The molecule has 102 valence electrons. The van der Waals surface area contributed by atoms with Gasteiger partial charge in [0.05, 0.1) is 23.8 Å². The van der Waals surface area contributed by atoms with Crippen LogP contribution in [0.2, 0.25) is 5.15 Å². The summed E-state index contributed by atoms with van der Waals surface area (Å²) >= 11 is 5.67. The number of halogens is 1. The summed E-state index contributed by atoms with van der Waals surface area (Å²) < 4.78 is 0. The molecule has 2 heterocycles. The Morgan fingerprint density at radius 1 is 1.45 bits per heavy atom. The number of nitrogens with zero attached hydrogens (tertiary/aromatic N) is 4. The van der Waals surface area contributed by atoms with Gasteiger partial charge in [0, 0.05) is 0 Å². The Morgan fingerprint density at radius 3 is 3.05 bits per heavy atom. The average Bonchev–Trinajstić information content (AvgIpc) is 2.53. The number of amides is 1. The molecule has 0 atom stereocenters. The number of hydrogen-bond donors (Lipinski definition) is 2. The van der Waals surface area contributed by atoms with Crippen molar-refractivity contribution in [3.8, 4) is 0 Å². The lowest BCUT2D eigenvalue weighted by Gasteiger charge is -2.09. The smallest absolute Gasteiger partial charge is 0.291 e. The van der Waals surface area contributed by atoms with Crippen LogP contribution in [0.5, 0.6) is 0 Å². The number of aromatic nitrogens is 1. The largest absolute Gasteiger partial charge is 0.335 e. The molecule has 20 heavy (non-hydrogen) atoms. The van der Waals surface area contributed by atoms with Crippen molar-refractivity contribution in [2.24, 2.45) is 15.0 Å². The molecule has 1 aromatic rings. The van der Waals surface area contributed by atoms with Gasteiger partial charge in [0.15, 0.2) is 5.84 Å². The van der Waals surface area contributed by atoms with Crippen LogP contribution in [0, 0.1) is 0 Å². The first-order valence-corrected chi connectivity index (χ1v) is 5.98. The Bertz CT molecular complexity index is 605. The van der Waals surface area contributed by atoms with E-state index in [1.807, 2.05) is 0 Å². The van der Waals surface area contributed by atoms with Crippen molar-refractivity contribution in [1.29, 1.82) is 0 Å². The van der Waals surface area contributed by atoms with Gasteiger partial charge >= 0.3 is 0 Å². The van der Waals surface area contributed by atoms with E-state index in [0.29, 0.717) is 16.5 Å². The van der Waals surface area contributed by atoms with E-state index in [9.17, 15) is 4.79 Å². The molecule has 0 unspecified atom stereocenters. The van der Waals surface area contributed by atoms with Gasteiger partial charge in [-0.1, -0.05) is 18.2 Å². The highest BCUT2D eigenvalue weighted by Crippen LogP contribution is 2.09. The Morgan fingerprint density at radius 2 is 2.30 bits per heavy atom. The molecule has 1 aliphatic heterocycles. The second-order valence-electron chi connectivity index (χ2n) is 3.70. The zero-order chi connectivity index (χ0) is 14.4. The van der Waals surface area contributed by atoms with E-state index >= 15 is 0 Å². The Balaban J connectivity index is 2.10. The number of nitrogens with one attached hydrogen (secondary N) is 2. The molecule has 7 nitrogen and oxygen atoms in total. The molecule has 0 aromatic carbocycles. The molecule has 0 aliphatic carbocycles. The molecule has 0 bridgehead atoms. The van der Waals surface area contributed by atoms with Gasteiger partial charge in [0.2, 0.25) is 0 Å². The molecule has 0 saturated heterocycles. The summed E-state index contributed by atoms with van der Waals surface area (Å²) in [6.45, 7) is 3.79. The van der Waals surface area contributed by atoms with Crippen LogP contribution in [0.25, 0.3) is 0 Å². The molecule has 2 rings (SSSR count). The minimum atomic E-state index is -0.430. The van der Waals surface area contributed by atoms with Crippen molar-refractivity contribution in [1.82, 2.24) is 10.3 Å². The molecule has 8 heteroatoms. The topological polar surface area (TPSA) is 91.1 Å². The maximum atomic E-state index is 12.1. The number of aliphatic imine (C=N–C) groups is 3.